The molecule has 0 heterocycles. The molecule has 0 fully saturated rings. The zero-order valence-corrected chi connectivity index (χ0v) is 15.3. The number of anilines is 1. The molecule has 0 aliphatic rings. The summed E-state index contributed by atoms with van der Waals surface area (Å²) in [6, 6.07) is 6.60. The van der Waals surface area contributed by atoms with Crippen LogP contribution < -0.4 is 10.2 Å². The molecular weight excluding hydrogens is 312 g/mol. The summed E-state index contributed by atoms with van der Waals surface area (Å²) in [7, 11) is 0. The second-order valence-corrected chi connectivity index (χ2v) is 7.72. The van der Waals surface area contributed by atoms with E-state index in [1.54, 1.807) is 0 Å². The van der Waals surface area contributed by atoms with Crippen molar-refractivity contribution in [3.05, 3.63) is 28.2 Å². The van der Waals surface area contributed by atoms with Gasteiger partial charge in [-0.15, -0.1) is 0 Å². The van der Waals surface area contributed by atoms with E-state index in [2.05, 4.69) is 85.9 Å². The van der Waals surface area contributed by atoms with E-state index in [4.69, 9.17) is 0 Å². The van der Waals surface area contributed by atoms with Crippen molar-refractivity contribution in [3.63, 3.8) is 0 Å². The highest BCUT2D eigenvalue weighted by Crippen LogP contribution is 2.26. The third kappa shape index (κ3) is 5.84. The van der Waals surface area contributed by atoms with Crippen LogP contribution in [0.15, 0.2) is 22.7 Å². The standard InChI is InChI=1S/C17H29BrN2/c1-7-20(12-13(2)3)16-10-15(18)9-8-14(16)11-19-17(4,5)6/h8-10,13,19H,7,11-12H2,1-6H3. The molecule has 0 aliphatic heterocycles. The second-order valence-electron chi connectivity index (χ2n) is 6.81. The van der Waals surface area contributed by atoms with Crippen LogP contribution >= 0.6 is 15.9 Å². The SMILES string of the molecule is CCN(CC(C)C)c1cc(Br)ccc1CNC(C)(C)C. The minimum absolute atomic E-state index is 0.138. The quantitative estimate of drug-likeness (QED) is 0.798. The van der Waals surface area contributed by atoms with Crippen molar-refractivity contribution >= 4 is 21.6 Å². The molecule has 0 unspecified atom stereocenters. The van der Waals surface area contributed by atoms with Crippen LogP contribution in [0, 0.1) is 5.92 Å². The maximum atomic E-state index is 3.60. The number of nitrogens with zero attached hydrogens (tertiary/aromatic N) is 1. The van der Waals surface area contributed by atoms with Crippen LogP contribution in [0.4, 0.5) is 5.69 Å². The lowest BCUT2D eigenvalue weighted by Gasteiger charge is -2.29. The number of halogens is 1. The summed E-state index contributed by atoms with van der Waals surface area (Å²) in [6.45, 7) is 16.4. The molecule has 0 spiro atoms. The van der Waals surface area contributed by atoms with E-state index in [9.17, 15) is 0 Å². The van der Waals surface area contributed by atoms with Gasteiger partial charge in [-0.3, -0.25) is 0 Å². The summed E-state index contributed by atoms with van der Waals surface area (Å²) in [5.41, 5.74) is 2.84. The highest BCUT2D eigenvalue weighted by Gasteiger charge is 2.14. The molecule has 0 bridgehead atoms. The Bertz CT molecular complexity index is 421. The summed E-state index contributed by atoms with van der Waals surface area (Å²) in [6.07, 6.45) is 0. The molecule has 114 valence electrons. The molecule has 2 nitrogen and oxygen atoms in total. The van der Waals surface area contributed by atoms with Crippen molar-refractivity contribution in [3.8, 4) is 0 Å². The first kappa shape index (κ1) is 17.5. The zero-order chi connectivity index (χ0) is 15.3. The fraction of sp³-hybridized carbons (Fsp3) is 0.647. The van der Waals surface area contributed by atoms with Crippen LogP contribution in [0.5, 0.6) is 0 Å². The van der Waals surface area contributed by atoms with Gasteiger partial charge in [-0.05, 0) is 51.3 Å². The van der Waals surface area contributed by atoms with Crippen LogP contribution in [0.25, 0.3) is 0 Å². The van der Waals surface area contributed by atoms with Gasteiger partial charge in [0.2, 0.25) is 0 Å². The number of benzene rings is 1. The van der Waals surface area contributed by atoms with Gasteiger partial charge < -0.3 is 10.2 Å². The van der Waals surface area contributed by atoms with E-state index in [0.717, 1.165) is 24.1 Å². The molecule has 1 aromatic carbocycles. The molecule has 0 radical (unpaired) electrons. The zero-order valence-electron chi connectivity index (χ0n) is 13.8. The van der Waals surface area contributed by atoms with Crippen molar-refractivity contribution in [2.24, 2.45) is 5.92 Å². The Morgan fingerprint density at radius 1 is 1.25 bits per heavy atom. The lowest BCUT2D eigenvalue weighted by atomic mass is 10.1. The van der Waals surface area contributed by atoms with Gasteiger partial charge in [-0.2, -0.15) is 0 Å². The number of hydrogen-bond acceptors (Lipinski definition) is 2. The predicted molar refractivity (Wildman–Crippen MR) is 93.5 cm³/mol. The lowest BCUT2D eigenvalue weighted by molar-refractivity contribution is 0.424. The Balaban J connectivity index is 2.99. The Hall–Kier alpha value is -0.540. The first-order valence-electron chi connectivity index (χ1n) is 7.51. The van der Waals surface area contributed by atoms with E-state index in [-0.39, 0.29) is 5.54 Å². The smallest absolute Gasteiger partial charge is 0.0423 e. The molecule has 0 amide bonds. The maximum absolute atomic E-state index is 3.60. The summed E-state index contributed by atoms with van der Waals surface area (Å²) in [4.78, 5) is 2.47. The van der Waals surface area contributed by atoms with Crippen LogP contribution in [0.1, 0.15) is 47.1 Å². The molecule has 0 saturated carbocycles. The summed E-state index contributed by atoms with van der Waals surface area (Å²) in [5.74, 6) is 0.664. The number of nitrogens with one attached hydrogen (secondary N) is 1. The highest BCUT2D eigenvalue weighted by atomic mass is 79.9. The van der Waals surface area contributed by atoms with Gasteiger partial charge in [0.25, 0.3) is 0 Å². The lowest BCUT2D eigenvalue weighted by Crippen LogP contribution is -2.36. The first-order chi connectivity index (χ1) is 9.23. The normalized spacial score (nSPS) is 12.0. The van der Waals surface area contributed by atoms with E-state index in [1.165, 1.54) is 11.3 Å². The van der Waals surface area contributed by atoms with E-state index in [1.807, 2.05) is 0 Å². The largest absolute Gasteiger partial charge is 0.371 e. The fourth-order valence-electron chi connectivity index (χ4n) is 2.18. The average Bonchev–Trinajstić information content (AvgIpc) is 2.33. The minimum Gasteiger partial charge on any atom is -0.371 e. The van der Waals surface area contributed by atoms with Gasteiger partial charge in [0.1, 0.15) is 0 Å². The first-order valence-corrected chi connectivity index (χ1v) is 8.30. The van der Waals surface area contributed by atoms with Crippen LogP contribution in [-0.4, -0.2) is 18.6 Å². The molecule has 0 aromatic heterocycles. The Morgan fingerprint density at radius 3 is 2.40 bits per heavy atom. The van der Waals surface area contributed by atoms with Gasteiger partial charge in [-0.25, -0.2) is 0 Å². The van der Waals surface area contributed by atoms with Crippen molar-refractivity contribution in [1.82, 2.24) is 5.32 Å². The topological polar surface area (TPSA) is 15.3 Å². The highest BCUT2D eigenvalue weighted by molar-refractivity contribution is 9.10. The van der Waals surface area contributed by atoms with E-state index >= 15 is 0 Å². The molecular formula is C17H29BrN2. The Morgan fingerprint density at radius 2 is 1.90 bits per heavy atom. The van der Waals surface area contributed by atoms with E-state index in [0.29, 0.717) is 5.92 Å². The molecule has 20 heavy (non-hydrogen) atoms. The predicted octanol–water partition coefficient (Wildman–Crippen LogP) is 4.82. The van der Waals surface area contributed by atoms with Crippen LogP contribution in [0.3, 0.4) is 0 Å². The Labute approximate surface area is 133 Å². The molecule has 0 atom stereocenters. The van der Waals surface area contributed by atoms with Gasteiger partial charge in [0.05, 0.1) is 0 Å². The molecule has 0 saturated heterocycles. The maximum Gasteiger partial charge on any atom is 0.0423 e. The monoisotopic (exact) mass is 340 g/mol. The van der Waals surface area contributed by atoms with Gasteiger partial charge in [0.15, 0.2) is 0 Å². The van der Waals surface area contributed by atoms with Crippen LogP contribution in [0.2, 0.25) is 0 Å². The van der Waals surface area contributed by atoms with E-state index < -0.39 is 0 Å². The minimum atomic E-state index is 0.138. The summed E-state index contributed by atoms with van der Waals surface area (Å²) in [5, 5.41) is 3.59. The van der Waals surface area contributed by atoms with Crippen molar-refractivity contribution in [2.45, 2.75) is 53.6 Å². The van der Waals surface area contributed by atoms with Crippen LogP contribution in [-0.2, 0) is 6.54 Å². The summed E-state index contributed by atoms with van der Waals surface area (Å²) >= 11 is 3.60. The molecule has 0 aliphatic carbocycles. The molecule has 3 heteroatoms. The second kappa shape index (κ2) is 7.46. The Kier molecular flexibility index (Phi) is 6.53. The third-order valence-corrected chi connectivity index (χ3v) is 3.66. The number of rotatable bonds is 6. The van der Waals surface area contributed by atoms with Crippen molar-refractivity contribution < 1.29 is 0 Å². The average molecular weight is 341 g/mol. The van der Waals surface area contributed by atoms with Crippen molar-refractivity contribution in [2.75, 3.05) is 18.0 Å². The van der Waals surface area contributed by atoms with Gasteiger partial charge in [-0.1, -0.05) is 35.8 Å². The molecule has 1 N–H and O–H groups in total. The number of hydrogen-bond donors (Lipinski definition) is 1. The van der Waals surface area contributed by atoms with Gasteiger partial charge >= 0.3 is 0 Å². The molecule has 1 aromatic rings. The third-order valence-electron chi connectivity index (χ3n) is 3.16. The summed E-state index contributed by atoms with van der Waals surface area (Å²) < 4.78 is 1.15. The van der Waals surface area contributed by atoms with Gasteiger partial charge in [0, 0.05) is 35.3 Å². The fourth-order valence-corrected chi connectivity index (χ4v) is 2.53. The molecule has 1 rings (SSSR count). The van der Waals surface area contributed by atoms with Crippen molar-refractivity contribution in [1.29, 1.82) is 0 Å².